The number of nitrogens with zero attached hydrogens (tertiary/aromatic N) is 2. The lowest BCUT2D eigenvalue weighted by atomic mass is 10.3. The first-order chi connectivity index (χ1) is 12.0. The molecule has 2 amide bonds. The summed E-state index contributed by atoms with van der Waals surface area (Å²) in [7, 11) is 3.08. The highest BCUT2D eigenvalue weighted by atomic mass is 35.5. The van der Waals surface area contributed by atoms with Crippen molar-refractivity contribution in [3.63, 3.8) is 0 Å². The zero-order valence-electron chi connectivity index (χ0n) is 13.9. The number of aromatic nitrogens is 1. The highest BCUT2D eigenvalue weighted by molar-refractivity contribution is 7.99. The second-order valence-corrected chi connectivity index (χ2v) is 6.53. The molecule has 1 aromatic carbocycles. The van der Waals surface area contributed by atoms with E-state index < -0.39 is 0 Å². The van der Waals surface area contributed by atoms with Crippen molar-refractivity contribution in [3.05, 3.63) is 47.6 Å². The average molecular weight is 380 g/mol. The average Bonchev–Trinajstić information content (AvgIpc) is 2.60. The Bertz CT molecular complexity index is 743. The summed E-state index contributed by atoms with van der Waals surface area (Å²) in [5.74, 6) is 0.210. The maximum atomic E-state index is 12.2. The Balaban J connectivity index is 1.87. The summed E-state index contributed by atoms with van der Waals surface area (Å²) in [6.45, 7) is -0.0721. The molecule has 0 aliphatic carbocycles. The molecule has 1 aromatic heterocycles. The van der Waals surface area contributed by atoms with E-state index in [4.69, 9.17) is 16.3 Å². The molecule has 0 fully saturated rings. The van der Waals surface area contributed by atoms with E-state index in [1.165, 1.54) is 23.8 Å². The Morgan fingerprint density at radius 3 is 2.80 bits per heavy atom. The first-order valence-electron chi connectivity index (χ1n) is 7.41. The van der Waals surface area contributed by atoms with Gasteiger partial charge in [0.1, 0.15) is 5.75 Å². The first kappa shape index (κ1) is 19.1. The van der Waals surface area contributed by atoms with Gasteiger partial charge in [-0.05, 0) is 30.3 Å². The van der Waals surface area contributed by atoms with Gasteiger partial charge in [-0.15, -0.1) is 0 Å². The third-order valence-electron chi connectivity index (χ3n) is 3.22. The summed E-state index contributed by atoms with van der Waals surface area (Å²) in [5.41, 5.74) is 0.462. The lowest BCUT2D eigenvalue weighted by Gasteiger charge is -2.17. The fourth-order valence-electron chi connectivity index (χ4n) is 1.95. The van der Waals surface area contributed by atoms with Crippen LogP contribution in [0.15, 0.2) is 47.6 Å². The SMILES string of the molecule is COc1ccc(Cl)cc1NC(=O)CN(C)C(=O)CSc1ccccn1. The third kappa shape index (κ3) is 5.95. The van der Waals surface area contributed by atoms with Gasteiger partial charge >= 0.3 is 0 Å². The fraction of sp³-hybridized carbons (Fsp3) is 0.235. The second-order valence-electron chi connectivity index (χ2n) is 5.10. The molecule has 1 N–H and O–H groups in total. The summed E-state index contributed by atoms with van der Waals surface area (Å²) in [5, 5.41) is 3.94. The summed E-state index contributed by atoms with van der Waals surface area (Å²) in [6, 6.07) is 10.4. The van der Waals surface area contributed by atoms with Crippen molar-refractivity contribution in [2.75, 3.05) is 31.8 Å². The topological polar surface area (TPSA) is 71.5 Å². The van der Waals surface area contributed by atoms with Crippen molar-refractivity contribution >= 4 is 40.9 Å². The van der Waals surface area contributed by atoms with Crippen LogP contribution >= 0.6 is 23.4 Å². The van der Waals surface area contributed by atoms with Crippen LogP contribution in [0.1, 0.15) is 0 Å². The number of hydrogen-bond donors (Lipinski definition) is 1. The lowest BCUT2D eigenvalue weighted by molar-refractivity contribution is -0.131. The number of benzene rings is 1. The van der Waals surface area contributed by atoms with Crippen LogP contribution < -0.4 is 10.1 Å². The standard InChI is InChI=1S/C17H18ClN3O3S/c1-21(17(23)11-25-16-5-3-4-8-19-16)10-15(22)20-13-9-12(18)6-7-14(13)24-2/h3-9H,10-11H2,1-2H3,(H,20,22). The quantitative estimate of drug-likeness (QED) is 0.749. The van der Waals surface area contributed by atoms with Gasteiger partial charge in [-0.1, -0.05) is 29.4 Å². The van der Waals surface area contributed by atoms with Gasteiger partial charge in [0.05, 0.1) is 30.1 Å². The molecule has 132 valence electrons. The normalized spacial score (nSPS) is 10.2. The molecule has 0 unspecified atom stereocenters. The zero-order chi connectivity index (χ0) is 18.2. The van der Waals surface area contributed by atoms with Gasteiger partial charge in [0.2, 0.25) is 11.8 Å². The number of nitrogens with one attached hydrogen (secondary N) is 1. The Labute approximate surface area is 155 Å². The molecule has 25 heavy (non-hydrogen) atoms. The number of pyridine rings is 1. The van der Waals surface area contributed by atoms with E-state index >= 15 is 0 Å². The van der Waals surface area contributed by atoms with Crippen LogP contribution in [0.2, 0.25) is 5.02 Å². The molecule has 0 saturated heterocycles. The Kier molecular flexibility index (Phi) is 7.09. The third-order valence-corrected chi connectivity index (χ3v) is 4.39. The monoisotopic (exact) mass is 379 g/mol. The lowest BCUT2D eigenvalue weighted by Crippen LogP contribution is -2.36. The van der Waals surface area contributed by atoms with Crippen molar-refractivity contribution < 1.29 is 14.3 Å². The van der Waals surface area contributed by atoms with Crippen LogP contribution in [0.25, 0.3) is 0 Å². The number of carbonyl (C=O) groups excluding carboxylic acids is 2. The molecule has 2 aromatic rings. The van der Waals surface area contributed by atoms with E-state index in [2.05, 4.69) is 10.3 Å². The van der Waals surface area contributed by atoms with Crippen molar-refractivity contribution in [1.82, 2.24) is 9.88 Å². The molecule has 0 atom stereocenters. The maximum absolute atomic E-state index is 12.2. The van der Waals surface area contributed by atoms with Crippen LogP contribution in [0.3, 0.4) is 0 Å². The zero-order valence-corrected chi connectivity index (χ0v) is 15.4. The molecule has 2 rings (SSSR count). The van der Waals surface area contributed by atoms with Gasteiger partial charge in [0.15, 0.2) is 0 Å². The molecule has 8 heteroatoms. The number of anilines is 1. The second kappa shape index (κ2) is 9.29. The smallest absolute Gasteiger partial charge is 0.244 e. The van der Waals surface area contributed by atoms with Crippen LogP contribution in [-0.4, -0.2) is 48.2 Å². The number of halogens is 1. The molecule has 0 radical (unpaired) electrons. The molecular weight excluding hydrogens is 362 g/mol. The van der Waals surface area contributed by atoms with Gasteiger partial charge in [-0.2, -0.15) is 0 Å². The van der Waals surface area contributed by atoms with E-state index in [0.29, 0.717) is 16.5 Å². The number of methoxy groups -OCH3 is 1. The molecule has 1 heterocycles. The highest BCUT2D eigenvalue weighted by Gasteiger charge is 2.15. The molecular formula is C17H18ClN3O3S. The van der Waals surface area contributed by atoms with Crippen molar-refractivity contribution in [2.45, 2.75) is 5.03 Å². The van der Waals surface area contributed by atoms with Crippen LogP contribution in [0, 0.1) is 0 Å². The van der Waals surface area contributed by atoms with Crippen LogP contribution in [-0.2, 0) is 9.59 Å². The van der Waals surface area contributed by atoms with Gasteiger partial charge in [-0.3, -0.25) is 9.59 Å². The van der Waals surface area contributed by atoms with E-state index in [9.17, 15) is 9.59 Å². The molecule has 6 nitrogen and oxygen atoms in total. The predicted octanol–water partition coefficient (Wildman–Crippen LogP) is 2.93. The predicted molar refractivity (Wildman–Crippen MR) is 99.2 cm³/mol. The number of likely N-dealkylation sites (N-methyl/N-ethyl adjacent to an activating group) is 1. The van der Waals surface area contributed by atoms with Gasteiger partial charge in [-0.25, -0.2) is 4.98 Å². The summed E-state index contributed by atoms with van der Waals surface area (Å²) >= 11 is 7.26. The Hall–Kier alpha value is -2.25. The van der Waals surface area contributed by atoms with Crippen LogP contribution in [0.4, 0.5) is 5.69 Å². The van der Waals surface area contributed by atoms with Gasteiger partial charge < -0.3 is 15.0 Å². The molecule has 0 aliphatic rings. The number of carbonyl (C=O) groups is 2. The van der Waals surface area contributed by atoms with E-state index in [1.54, 1.807) is 31.4 Å². The highest BCUT2D eigenvalue weighted by Crippen LogP contribution is 2.27. The molecule has 0 spiro atoms. The van der Waals surface area contributed by atoms with E-state index in [1.807, 2.05) is 18.2 Å². The summed E-state index contributed by atoms with van der Waals surface area (Å²) in [4.78, 5) is 29.8. The fourth-order valence-corrected chi connectivity index (χ4v) is 2.92. The van der Waals surface area contributed by atoms with Crippen LogP contribution in [0.5, 0.6) is 5.75 Å². The van der Waals surface area contributed by atoms with E-state index in [-0.39, 0.29) is 24.1 Å². The number of ether oxygens (including phenoxy) is 1. The van der Waals surface area contributed by atoms with Crippen molar-refractivity contribution in [3.8, 4) is 5.75 Å². The number of hydrogen-bond acceptors (Lipinski definition) is 5. The molecule has 0 bridgehead atoms. The Morgan fingerprint density at radius 1 is 1.32 bits per heavy atom. The van der Waals surface area contributed by atoms with Crippen molar-refractivity contribution in [2.24, 2.45) is 0 Å². The summed E-state index contributed by atoms with van der Waals surface area (Å²) in [6.07, 6.45) is 1.67. The molecule has 0 saturated carbocycles. The van der Waals surface area contributed by atoms with Crippen molar-refractivity contribution in [1.29, 1.82) is 0 Å². The molecule has 0 aliphatic heterocycles. The minimum atomic E-state index is -0.334. The van der Waals surface area contributed by atoms with Gasteiger partial charge in [0.25, 0.3) is 0 Å². The Morgan fingerprint density at radius 2 is 2.12 bits per heavy atom. The van der Waals surface area contributed by atoms with Gasteiger partial charge in [0, 0.05) is 18.3 Å². The largest absolute Gasteiger partial charge is 0.495 e. The maximum Gasteiger partial charge on any atom is 0.244 e. The summed E-state index contributed by atoms with van der Waals surface area (Å²) < 4.78 is 5.18. The first-order valence-corrected chi connectivity index (χ1v) is 8.77. The number of amides is 2. The number of rotatable bonds is 7. The minimum absolute atomic E-state index is 0.0721. The minimum Gasteiger partial charge on any atom is -0.495 e. The number of thioether (sulfide) groups is 1. The van der Waals surface area contributed by atoms with E-state index in [0.717, 1.165) is 5.03 Å².